The lowest BCUT2D eigenvalue weighted by Gasteiger charge is -2.27. The van der Waals surface area contributed by atoms with E-state index in [1.165, 1.54) is 0 Å². The molecule has 2 aliphatic rings. The Morgan fingerprint density at radius 1 is 1.29 bits per heavy atom. The number of nitrogens with zero attached hydrogens (tertiary/aromatic N) is 2. The lowest BCUT2D eigenvalue weighted by molar-refractivity contribution is -0.120. The molecule has 4 rings (SSSR count). The van der Waals surface area contributed by atoms with Crippen molar-refractivity contribution in [2.75, 3.05) is 0 Å². The molecule has 0 saturated heterocycles. The lowest BCUT2D eigenvalue weighted by Crippen LogP contribution is -2.36. The van der Waals surface area contributed by atoms with Gasteiger partial charge < -0.3 is 4.98 Å². The quantitative estimate of drug-likeness (QED) is 0.869. The summed E-state index contributed by atoms with van der Waals surface area (Å²) in [5, 5.41) is 8.99. The summed E-state index contributed by atoms with van der Waals surface area (Å²) >= 11 is 0. The normalized spacial score (nSPS) is 26.2. The monoisotopic (exact) mass is 275 g/mol. The third-order valence-corrected chi connectivity index (χ3v) is 4.63. The number of nitrogens with one attached hydrogen (secondary N) is 1. The summed E-state index contributed by atoms with van der Waals surface area (Å²) < 4.78 is 0. The van der Waals surface area contributed by atoms with Gasteiger partial charge in [-0.3, -0.25) is 9.79 Å². The second kappa shape index (κ2) is 4.16. The van der Waals surface area contributed by atoms with Crippen molar-refractivity contribution in [3.05, 3.63) is 53.3 Å². The summed E-state index contributed by atoms with van der Waals surface area (Å²) in [6.45, 7) is 0. The molecule has 1 aliphatic heterocycles. The third-order valence-electron chi connectivity index (χ3n) is 4.63. The Kier molecular flexibility index (Phi) is 2.40. The van der Waals surface area contributed by atoms with Crippen molar-refractivity contribution in [2.45, 2.75) is 24.2 Å². The number of hydrogen-bond acceptors (Lipinski definition) is 3. The maximum Gasteiger partial charge on any atom is 0.149 e. The van der Waals surface area contributed by atoms with Gasteiger partial charge >= 0.3 is 0 Å². The number of H-pyrrole nitrogens is 1. The molecule has 1 saturated carbocycles. The highest BCUT2D eigenvalue weighted by Gasteiger charge is 2.53. The molecule has 0 radical (unpaired) electrons. The first-order chi connectivity index (χ1) is 10.3. The van der Waals surface area contributed by atoms with E-state index in [9.17, 15) is 4.79 Å². The predicted molar refractivity (Wildman–Crippen MR) is 78.8 cm³/mol. The zero-order valence-corrected chi connectivity index (χ0v) is 11.3. The molecule has 0 amide bonds. The third kappa shape index (κ3) is 1.49. The first-order valence-corrected chi connectivity index (χ1v) is 7.03. The fraction of sp³-hybridized carbons (Fsp3) is 0.235. The maximum absolute atomic E-state index is 12.7. The van der Waals surface area contributed by atoms with Crippen LogP contribution in [0.15, 0.2) is 41.4 Å². The van der Waals surface area contributed by atoms with Crippen molar-refractivity contribution in [3.8, 4) is 6.07 Å². The van der Waals surface area contributed by atoms with Crippen LogP contribution in [0.1, 0.15) is 35.7 Å². The molecule has 1 aliphatic carbocycles. The maximum atomic E-state index is 12.7. The number of para-hydroxylation sites is 1. The lowest BCUT2D eigenvalue weighted by atomic mass is 9.72. The van der Waals surface area contributed by atoms with Crippen molar-refractivity contribution in [1.29, 1.82) is 5.26 Å². The molecule has 2 unspecified atom stereocenters. The van der Waals surface area contributed by atoms with Gasteiger partial charge in [-0.25, -0.2) is 0 Å². The minimum absolute atomic E-state index is 0.0273. The number of carbonyl (C=O) groups excluding carboxylic acids is 1. The van der Waals surface area contributed by atoms with E-state index in [0.29, 0.717) is 12.1 Å². The average Bonchev–Trinajstić information content (AvgIpc) is 3.20. The van der Waals surface area contributed by atoms with Gasteiger partial charge in [-0.1, -0.05) is 18.2 Å². The number of rotatable bonds is 1. The molecule has 1 N–H and O–H groups in total. The summed E-state index contributed by atoms with van der Waals surface area (Å²) in [5.74, 6) is 0.244. The van der Waals surface area contributed by atoms with Crippen LogP contribution in [0, 0.1) is 11.3 Å². The second-order valence-corrected chi connectivity index (χ2v) is 5.60. The van der Waals surface area contributed by atoms with Crippen molar-refractivity contribution >= 4 is 17.7 Å². The number of benzene rings is 1. The van der Waals surface area contributed by atoms with Crippen molar-refractivity contribution in [1.82, 2.24) is 4.98 Å². The number of hydrogen-bond donors (Lipinski definition) is 1. The van der Waals surface area contributed by atoms with E-state index in [-0.39, 0.29) is 11.7 Å². The van der Waals surface area contributed by atoms with Crippen LogP contribution in [0.5, 0.6) is 0 Å². The Morgan fingerprint density at radius 2 is 2.14 bits per heavy atom. The molecule has 4 nitrogen and oxygen atoms in total. The highest BCUT2D eigenvalue weighted by Crippen LogP contribution is 2.52. The first-order valence-electron chi connectivity index (χ1n) is 7.03. The molecule has 1 aromatic carbocycles. The van der Waals surface area contributed by atoms with Crippen LogP contribution in [0.4, 0.5) is 5.69 Å². The fourth-order valence-corrected chi connectivity index (χ4v) is 3.66. The molecular formula is C17H13N3O. The van der Waals surface area contributed by atoms with Crippen molar-refractivity contribution in [3.63, 3.8) is 0 Å². The Hall–Kier alpha value is -2.67. The smallest absolute Gasteiger partial charge is 0.149 e. The van der Waals surface area contributed by atoms with Gasteiger partial charge in [0.15, 0.2) is 0 Å². The minimum atomic E-state index is -0.659. The highest BCUT2D eigenvalue weighted by molar-refractivity contribution is 6.12. The summed E-state index contributed by atoms with van der Waals surface area (Å²) in [7, 11) is 0. The van der Waals surface area contributed by atoms with Crippen molar-refractivity contribution in [2.24, 2.45) is 4.99 Å². The van der Waals surface area contributed by atoms with E-state index >= 15 is 0 Å². The number of nitriles is 1. The average molecular weight is 275 g/mol. The van der Waals surface area contributed by atoms with E-state index in [1.807, 2.05) is 36.5 Å². The van der Waals surface area contributed by atoms with Gasteiger partial charge in [0, 0.05) is 24.2 Å². The largest absolute Gasteiger partial charge is 0.350 e. The van der Waals surface area contributed by atoms with E-state index in [1.54, 1.807) is 6.07 Å². The van der Waals surface area contributed by atoms with Crippen LogP contribution < -0.4 is 0 Å². The van der Waals surface area contributed by atoms with E-state index in [4.69, 9.17) is 5.26 Å². The number of ketones is 1. The Morgan fingerprint density at radius 3 is 2.95 bits per heavy atom. The van der Waals surface area contributed by atoms with Gasteiger partial charge in [-0.2, -0.15) is 5.26 Å². The molecule has 21 heavy (non-hydrogen) atoms. The highest BCUT2D eigenvalue weighted by atomic mass is 16.1. The van der Waals surface area contributed by atoms with E-state index in [2.05, 4.69) is 16.0 Å². The molecule has 2 aromatic rings. The summed E-state index contributed by atoms with van der Waals surface area (Å²) in [5.41, 5.74) is 2.69. The number of aromatic nitrogens is 1. The Labute approximate surface area is 122 Å². The zero-order chi connectivity index (χ0) is 14.4. The van der Waals surface area contributed by atoms with E-state index in [0.717, 1.165) is 23.4 Å². The van der Waals surface area contributed by atoms with Gasteiger partial charge in [0.05, 0.1) is 11.1 Å². The Bertz CT molecular complexity index is 811. The van der Waals surface area contributed by atoms with E-state index < -0.39 is 5.41 Å². The molecule has 1 spiro atoms. The predicted octanol–water partition coefficient (Wildman–Crippen LogP) is 2.99. The van der Waals surface area contributed by atoms with Gasteiger partial charge in [-0.05, 0) is 30.2 Å². The molecule has 0 bridgehead atoms. The first kappa shape index (κ1) is 12.1. The van der Waals surface area contributed by atoms with Crippen LogP contribution in [0.3, 0.4) is 0 Å². The number of Topliss-reactive ketones (excluding diaryl/α,β-unsaturated/α-hetero) is 1. The number of fused-ring (bicyclic) bond motifs is 2. The Balaban J connectivity index is 1.89. The van der Waals surface area contributed by atoms with Crippen molar-refractivity contribution < 1.29 is 4.79 Å². The molecule has 1 fully saturated rings. The van der Waals surface area contributed by atoms with Gasteiger partial charge in [0.2, 0.25) is 0 Å². The molecule has 102 valence electrons. The van der Waals surface area contributed by atoms with Gasteiger partial charge in [-0.15, -0.1) is 0 Å². The SMILES string of the molecule is N#Cc1ccc(C2CCC(=O)C23C=Nc2ccccc23)[nH]1. The zero-order valence-electron chi connectivity index (χ0n) is 11.3. The number of carbonyl (C=O) groups is 1. The topological polar surface area (TPSA) is 69.0 Å². The van der Waals surface area contributed by atoms with Crippen LogP contribution in [0.2, 0.25) is 0 Å². The molecule has 2 heterocycles. The number of aromatic amines is 1. The fourth-order valence-electron chi connectivity index (χ4n) is 3.66. The summed E-state index contributed by atoms with van der Waals surface area (Å²) in [6.07, 6.45) is 3.14. The van der Waals surface area contributed by atoms with Crippen LogP contribution in [-0.4, -0.2) is 17.0 Å². The summed E-state index contributed by atoms with van der Waals surface area (Å²) in [4.78, 5) is 20.2. The molecular weight excluding hydrogens is 262 g/mol. The second-order valence-electron chi connectivity index (χ2n) is 5.60. The minimum Gasteiger partial charge on any atom is -0.350 e. The van der Waals surface area contributed by atoms with Gasteiger partial charge in [0.1, 0.15) is 17.5 Å². The van der Waals surface area contributed by atoms with Crippen LogP contribution >= 0.6 is 0 Å². The van der Waals surface area contributed by atoms with Crippen LogP contribution in [0.25, 0.3) is 0 Å². The molecule has 1 aromatic heterocycles. The molecule has 4 heteroatoms. The van der Waals surface area contributed by atoms with Gasteiger partial charge in [0.25, 0.3) is 0 Å². The summed E-state index contributed by atoms with van der Waals surface area (Å²) in [6, 6.07) is 13.6. The number of aliphatic imine (C=N–C) groups is 1. The standard InChI is InChI=1S/C17H13N3O/c18-9-11-5-7-15(20-11)13-6-8-16(21)17(13)10-19-14-4-2-1-3-12(14)17/h1-5,7,10,13,20H,6,8H2. The molecule has 2 atom stereocenters. The van der Waals surface area contributed by atoms with Crippen LogP contribution in [-0.2, 0) is 10.2 Å².